The average Bonchev–Trinajstić information content (AvgIpc) is 3.23. The second kappa shape index (κ2) is 10.3. The summed E-state index contributed by atoms with van der Waals surface area (Å²) in [6, 6.07) is 12.6. The van der Waals surface area contributed by atoms with Crippen LogP contribution in [-0.2, 0) is 5.41 Å². The summed E-state index contributed by atoms with van der Waals surface area (Å²) in [7, 11) is 5.93. The maximum absolute atomic E-state index is 9.76. The third-order valence-corrected chi connectivity index (χ3v) is 8.00. The number of piperidine rings is 1. The van der Waals surface area contributed by atoms with Gasteiger partial charge in [0.25, 0.3) is 0 Å². The molecule has 9 heteroatoms. The molecule has 5 rings (SSSR count). The highest BCUT2D eigenvalue weighted by Crippen LogP contribution is 2.42. The van der Waals surface area contributed by atoms with Crippen molar-refractivity contribution in [3.8, 4) is 23.1 Å². The summed E-state index contributed by atoms with van der Waals surface area (Å²) in [4.78, 5) is 13.8. The van der Waals surface area contributed by atoms with E-state index in [1.165, 1.54) is 0 Å². The Balaban J connectivity index is 1.42. The van der Waals surface area contributed by atoms with Crippen molar-refractivity contribution in [2.75, 3.05) is 56.4 Å². The molecule has 1 saturated heterocycles. The largest absolute Gasteiger partial charge is 0.494 e. The molecule has 198 valence electrons. The fourth-order valence-corrected chi connectivity index (χ4v) is 5.67. The molecule has 38 heavy (non-hydrogen) atoms. The number of fused-ring (bicyclic) bond motifs is 1. The number of nitrogens with zero attached hydrogens (tertiary/aromatic N) is 5. The summed E-state index contributed by atoms with van der Waals surface area (Å²) in [5.41, 5.74) is 5.86. The predicted molar refractivity (Wildman–Crippen MR) is 154 cm³/mol. The van der Waals surface area contributed by atoms with Gasteiger partial charge >= 0.3 is 0 Å². The number of aromatic nitrogens is 2. The van der Waals surface area contributed by atoms with Crippen molar-refractivity contribution >= 4 is 34.6 Å². The third-order valence-electron chi connectivity index (χ3n) is 7.70. The molecule has 1 fully saturated rings. The van der Waals surface area contributed by atoms with Crippen LogP contribution < -0.4 is 20.3 Å². The minimum absolute atomic E-state index is 0.0708. The van der Waals surface area contributed by atoms with Crippen LogP contribution in [-0.4, -0.2) is 61.7 Å². The smallest absolute Gasteiger partial charge is 0.227 e. The van der Waals surface area contributed by atoms with Crippen LogP contribution in [0, 0.1) is 11.3 Å². The molecule has 0 atom stereocenters. The van der Waals surface area contributed by atoms with Gasteiger partial charge in [-0.2, -0.15) is 5.26 Å². The van der Waals surface area contributed by atoms with Crippen molar-refractivity contribution in [3.05, 3.63) is 52.7 Å². The van der Waals surface area contributed by atoms with E-state index in [9.17, 15) is 5.26 Å². The first-order valence-corrected chi connectivity index (χ1v) is 13.3. The molecule has 0 aliphatic carbocycles. The van der Waals surface area contributed by atoms with Crippen LogP contribution in [0.2, 0.25) is 5.02 Å². The zero-order valence-electron chi connectivity index (χ0n) is 22.6. The Hall–Kier alpha value is -3.54. The number of hydrogen-bond donors (Lipinski definition) is 2. The first-order chi connectivity index (χ1) is 18.2. The molecule has 0 saturated carbocycles. The zero-order chi connectivity index (χ0) is 27.0. The van der Waals surface area contributed by atoms with Crippen molar-refractivity contribution in [2.24, 2.45) is 0 Å². The van der Waals surface area contributed by atoms with E-state index >= 15 is 0 Å². The molecule has 2 aliphatic rings. The van der Waals surface area contributed by atoms with Crippen molar-refractivity contribution in [2.45, 2.75) is 38.1 Å². The quantitative estimate of drug-likeness (QED) is 0.421. The van der Waals surface area contributed by atoms with E-state index in [4.69, 9.17) is 21.3 Å². The van der Waals surface area contributed by atoms with Gasteiger partial charge in [-0.3, -0.25) is 0 Å². The number of nitrogens with one attached hydrogen (secondary N) is 2. The highest BCUT2D eigenvalue weighted by atomic mass is 35.5. The standard InChI is InChI=1S/C29H34ClN7O/c1-29(2)17-33-27-19(16-31)12-18(13-21(27)29)23-6-9-32-28(34-23)35-24-14-22(30)25(15-26(24)38-5)37-10-7-20(8-11-37)36(3)4/h6,9,12-15,20,33H,7-8,10-11,17H2,1-5H3,(H,32,34,35). The maximum Gasteiger partial charge on any atom is 0.227 e. The van der Waals surface area contributed by atoms with Gasteiger partial charge in [0.15, 0.2) is 0 Å². The zero-order valence-corrected chi connectivity index (χ0v) is 23.4. The Labute approximate surface area is 229 Å². The van der Waals surface area contributed by atoms with E-state index in [1.54, 1.807) is 13.3 Å². The topological polar surface area (TPSA) is 89.3 Å². The highest BCUT2D eigenvalue weighted by molar-refractivity contribution is 6.33. The van der Waals surface area contributed by atoms with Gasteiger partial charge in [0.05, 0.1) is 40.5 Å². The second-order valence-corrected chi connectivity index (χ2v) is 11.3. The molecule has 0 amide bonds. The molecule has 3 aromatic rings. The first kappa shape index (κ1) is 26.1. The van der Waals surface area contributed by atoms with E-state index in [2.05, 4.69) is 65.5 Å². The Bertz CT molecular complexity index is 1390. The van der Waals surface area contributed by atoms with Gasteiger partial charge in [-0.25, -0.2) is 9.97 Å². The monoisotopic (exact) mass is 531 g/mol. The van der Waals surface area contributed by atoms with Crippen LogP contribution in [0.25, 0.3) is 11.3 Å². The number of anilines is 4. The number of ether oxygens (including phenoxy) is 1. The van der Waals surface area contributed by atoms with Crippen LogP contribution in [0.5, 0.6) is 5.75 Å². The molecule has 2 aliphatic heterocycles. The lowest BCUT2D eigenvalue weighted by atomic mass is 9.85. The van der Waals surface area contributed by atoms with Gasteiger partial charge < -0.3 is 25.2 Å². The van der Waals surface area contributed by atoms with Crippen molar-refractivity contribution in [3.63, 3.8) is 0 Å². The number of benzene rings is 2. The van der Waals surface area contributed by atoms with Crippen LogP contribution in [0.4, 0.5) is 23.0 Å². The summed E-state index contributed by atoms with van der Waals surface area (Å²) in [5, 5.41) is 17.1. The minimum Gasteiger partial charge on any atom is -0.494 e. The summed E-state index contributed by atoms with van der Waals surface area (Å²) in [6.45, 7) is 7.03. The van der Waals surface area contributed by atoms with Crippen LogP contribution in [0.3, 0.4) is 0 Å². The molecule has 2 N–H and O–H groups in total. The molecular formula is C29H34ClN7O. The van der Waals surface area contributed by atoms with Crippen molar-refractivity contribution in [1.82, 2.24) is 14.9 Å². The van der Waals surface area contributed by atoms with E-state index < -0.39 is 0 Å². The van der Waals surface area contributed by atoms with E-state index in [0.717, 1.165) is 60.7 Å². The Morgan fingerprint density at radius 3 is 2.66 bits per heavy atom. The van der Waals surface area contributed by atoms with Crippen LogP contribution in [0.1, 0.15) is 37.8 Å². The number of nitriles is 1. The number of methoxy groups -OCH3 is 1. The lowest BCUT2D eigenvalue weighted by molar-refractivity contribution is 0.249. The molecule has 0 radical (unpaired) electrons. The van der Waals surface area contributed by atoms with Crippen molar-refractivity contribution in [1.29, 1.82) is 5.26 Å². The summed E-state index contributed by atoms with van der Waals surface area (Å²) >= 11 is 6.77. The Morgan fingerprint density at radius 1 is 1.21 bits per heavy atom. The fraction of sp³-hybridized carbons (Fsp3) is 0.414. The maximum atomic E-state index is 9.76. The van der Waals surface area contributed by atoms with Gasteiger partial charge in [-0.1, -0.05) is 25.4 Å². The lowest BCUT2D eigenvalue weighted by Crippen LogP contribution is -2.42. The Morgan fingerprint density at radius 2 is 1.97 bits per heavy atom. The third kappa shape index (κ3) is 4.96. The first-order valence-electron chi connectivity index (χ1n) is 12.9. The number of halogens is 1. The number of hydrogen-bond acceptors (Lipinski definition) is 8. The van der Waals surface area contributed by atoms with E-state index in [-0.39, 0.29) is 5.41 Å². The molecule has 0 spiro atoms. The predicted octanol–water partition coefficient (Wildman–Crippen LogP) is 5.65. The Kier molecular flexibility index (Phi) is 7.08. The van der Waals surface area contributed by atoms with Gasteiger partial charge in [0.1, 0.15) is 11.8 Å². The highest BCUT2D eigenvalue weighted by Gasteiger charge is 2.32. The molecule has 3 heterocycles. The van der Waals surface area contributed by atoms with Gasteiger partial charge in [0, 0.05) is 48.9 Å². The molecule has 0 bridgehead atoms. The molecular weight excluding hydrogens is 498 g/mol. The molecule has 2 aromatic carbocycles. The average molecular weight is 532 g/mol. The lowest BCUT2D eigenvalue weighted by Gasteiger charge is -2.37. The number of rotatable bonds is 6. The molecule has 1 aromatic heterocycles. The van der Waals surface area contributed by atoms with Gasteiger partial charge in [-0.15, -0.1) is 0 Å². The van der Waals surface area contributed by atoms with Crippen LogP contribution >= 0.6 is 11.6 Å². The van der Waals surface area contributed by atoms with Crippen LogP contribution in [0.15, 0.2) is 36.5 Å². The normalized spacial score (nSPS) is 16.6. The minimum atomic E-state index is -0.0708. The van der Waals surface area contributed by atoms with E-state index in [0.29, 0.717) is 34.0 Å². The summed E-state index contributed by atoms with van der Waals surface area (Å²) < 4.78 is 5.73. The summed E-state index contributed by atoms with van der Waals surface area (Å²) in [5.74, 6) is 1.10. The molecule has 0 unspecified atom stereocenters. The second-order valence-electron chi connectivity index (χ2n) is 10.9. The van der Waals surface area contributed by atoms with E-state index in [1.807, 2.05) is 24.3 Å². The fourth-order valence-electron chi connectivity index (χ4n) is 5.38. The van der Waals surface area contributed by atoms with Gasteiger partial charge in [0.2, 0.25) is 5.95 Å². The van der Waals surface area contributed by atoms with Crippen molar-refractivity contribution < 1.29 is 4.74 Å². The molecule has 8 nitrogen and oxygen atoms in total. The summed E-state index contributed by atoms with van der Waals surface area (Å²) in [6.07, 6.45) is 3.90. The SMILES string of the molecule is COc1cc(N2CCC(N(C)C)CC2)c(Cl)cc1Nc1nccc(-c2cc(C#N)c3c(c2)C(C)(C)CN3)n1. The van der Waals surface area contributed by atoms with Gasteiger partial charge in [-0.05, 0) is 56.8 Å².